The average Bonchev–Trinajstić information content (AvgIpc) is 3.21. The van der Waals surface area contributed by atoms with Crippen molar-refractivity contribution >= 4 is 0 Å². The van der Waals surface area contributed by atoms with Crippen LogP contribution in [0.4, 0.5) is 0 Å². The van der Waals surface area contributed by atoms with Crippen LogP contribution in [0.25, 0.3) is 5.69 Å². The lowest BCUT2D eigenvalue weighted by Crippen LogP contribution is -2.05. The first-order valence-corrected chi connectivity index (χ1v) is 6.75. The minimum absolute atomic E-state index is 0.643. The molecule has 1 heterocycles. The van der Waals surface area contributed by atoms with E-state index < -0.39 is 0 Å². The lowest BCUT2D eigenvalue weighted by molar-refractivity contribution is 0.414. The van der Waals surface area contributed by atoms with Crippen LogP contribution in [0.5, 0.6) is 5.75 Å². The Bertz CT molecular complexity index is 555. The van der Waals surface area contributed by atoms with Gasteiger partial charge >= 0.3 is 0 Å². The number of hydrogen-bond donors (Lipinski definition) is 1. The Morgan fingerprint density at radius 3 is 2.63 bits per heavy atom. The van der Waals surface area contributed by atoms with E-state index in [0.717, 1.165) is 23.6 Å². The molecule has 4 heteroatoms. The first-order chi connectivity index (χ1) is 9.31. The van der Waals surface area contributed by atoms with Crippen LogP contribution in [0, 0.1) is 0 Å². The SMILES string of the molecule is COc1ccc(-n2nc(CCN)cc2C2CC2)cc1. The molecule has 0 amide bonds. The van der Waals surface area contributed by atoms with Crippen LogP contribution < -0.4 is 10.5 Å². The topological polar surface area (TPSA) is 53.1 Å². The van der Waals surface area contributed by atoms with Gasteiger partial charge in [0.1, 0.15) is 5.75 Å². The predicted octanol–water partition coefficient (Wildman–Crippen LogP) is 2.26. The third-order valence-corrected chi connectivity index (χ3v) is 3.50. The summed E-state index contributed by atoms with van der Waals surface area (Å²) in [5, 5.41) is 4.68. The summed E-state index contributed by atoms with van der Waals surface area (Å²) in [7, 11) is 1.68. The minimum Gasteiger partial charge on any atom is -0.497 e. The van der Waals surface area contributed by atoms with Crippen LogP contribution >= 0.6 is 0 Å². The van der Waals surface area contributed by atoms with Gasteiger partial charge in [0.25, 0.3) is 0 Å². The van der Waals surface area contributed by atoms with Crippen LogP contribution in [-0.4, -0.2) is 23.4 Å². The van der Waals surface area contributed by atoms with Gasteiger partial charge in [-0.05, 0) is 49.7 Å². The highest BCUT2D eigenvalue weighted by Gasteiger charge is 2.28. The molecule has 0 aliphatic heterocycles. The van der Waals surface area contributed by atoms with E-state index in [1.165, 1.54) is 18.5 Å². The van der Waals surface area contributed by atoms with Crippen molar-refractivity contribution in [3.05, 3.63) is 41.7 Å². The summed E-state index contributed by atoms with van der Waals surface area (Å²) >= 11 is 0. The molecular formula is C15H19N3O. The van der Waals surface area contributed by atoms with Crippen LogP contribution in [0.1, 0.15) is 30.1 Å². The molecule has 2 N–H and O–H groups in total. The van der Waals surface area contributed by atoms with Gasteiger partial charge in [-0.1, -0.05) is 0 Å². The molecule has 1 aromatic heterocycles. The van der Waals surface area contributed by atoms with Crippen LogP contribution in [0.3, 0.4) is 0 Å². The number of benzene rings is 1. The van der Waals surface area contributed by atoms with Crippen molar-refractivity contribution in [1.82, 2.24) is 9.78 Å². The zero-order valence-corrected chi connectivity index (χ0v) is 11.2. The summed E-state index contributed by atoms with van der Waals surface area (Å²) in [6, 6.07) is 10.2. The normalized spacial score (nSPS) is 14.6. The molecule has 0 atom stereocenters. The highest BCUT2D eigenvalue weighted by atomic mass is 16.5. The van der Waals surface area contributed by atoms with E-state index in [1.807, 2.05) is 24.3 Å². The second-order valence-corrected chi connectivity index (χ2v) is 4.98. The summed E-state index contributed by atoms with van der Waals surface area (Å²) < 4.78 is 7.25. The smallest absolute Gasteiger partial charge is 0.119 e. The Morgan fingerprint density at radius 1 is 1.32 bits per heavy atom. The molecule has 1 aliphatic rings. The van der Waals surface area contributed by atoms with E-state index in [0.29, 0.717) is 12.5 Å². The highest BCUT2D eigenvalue weighted by molar-refractivity contribution is 5.39. The van der Waals surface area contributed by atoms with Gasteiger partial charge in [-0.3, -0.25) is 0 Å². The molecule has 1 aromatic carbocycles. The van der Waals surface area contributed by atoms with Crippen LogP contribution in [-0.2, 0) is 6.42 Å². The first-order valence-electron chi connectivity index (χ1n) is 6.75. The van der Waals surface area contributed by atoms with E-state index in [2.05, 4.69) is 15.8 Å². The van der Waals surface area contributed by atoms with E-state index in [-0.39, 0.29) is 0 Å². The number of rotatable bonds is 5. The van der Waals surface area contributed by atoms with Gasteiger partial charge in [-0.2, -0.15) is 5.10 Å². The molecule has 1 saturated carbocycles. The molecule has 0 radical (unpaired) electrons. The lowest BCUT2D eigenvalue weighted by Gasteiger charge is -2.07. The first kappa shape index (κ1) is 12.2. The van der Waals surface area contributed by atoms with Crippen molar-refractivity contribution in [2.45, 2.75) is 25.2 Å². The van der Waals surface area contributed by atoms with Crippen LogP contribution in [0.2, 0.25) is 0 Å². The molecular weight excluding hydrogens is 238 g/mol. The van der Waals surface area contributed by atoms with Crippen molar-refractivity contribution in [2.75, 3.05) is 13.7 Å². The Labute approximate surface area is 113 Å². The molecule has 4 nitrogen and oxygen atoms in total. The van der Waals surface area contributed by atoms with Gasteiger partial charge in [0, 0.05) is 18.0 Å². The Morgan fingerprint density at radius 2 is 2.05 bits per heavy atom. The van der Waals surface area contributed by atoms with Crippen molar-refractivity contribution in [3.8, 4) is 11.4 Å². The van der Waals surface area contributed by atoms with Gasteiger partial charge < -0.3 is 10.5 Å². The molecule has 0 saturated heterocycles. The molecule has 100 valence electrons. The van der Waals surface area contributed by atoms with Crippen molar-refractivity contribution < 1.29 is 4.74 Å². The highest BCUT2D eigenvalue weighted by Crippen LogP contribution is 2.41. The molecule has 2 aromatic rings. The lowest BCUT2D eigenvalue weighted by atomic mass is 10.2. The largest absolute Gasteiger partial charge is 0.497 e. The van der Waals surface area contributed by atoms with Crippen molar-refractivity contribution in [1.29, 1.82) is 0 Å². The fraction of sp³-hybridized carbons (Fsp3) is 0.400. The number of methoxy groups -OCH3 is 1. The summed E-state index contributed by atoms with van der Waals surface area (Å²) in [6.07, 6.45) is 3.37. The summed E-state index contributed by atoms with van der Waals surface area (Å²) in [5.74, 6) is 1.53. The molecule has 19 heavy (non-hydrogen) atoms. The molecule has 0 spiro atoms. The van der Waals surface area contributed by atoms with Gasteiger partial charge in [0.15, 0.2) is 0 Å². The summed E-state index contributed by atoms with van der Waals surface area (Å²) in [6.45, 7) is 0.643. The summed E-state index contributed by atoms with van der Waals surface area (Å²) in [4.78, 5) is 0. The van der Waals surface area contributed by atoms with E-state index in [4.69, 9.17) is 10.5 Å². The zero-order valence-electron chi connectivity index (χ0n) is 11.2. The fourth-order valence-corrected chi connectivity index (χ4v) is 2.32. The zero-order chi connectivity index (χ0) is 13.2. The quantitative estimate of drug-likeness (QED) is 0.894. The fourth-order valence-electron chi connectivity index (χ4n) is 2.32. The number of nitrogens with zero attached hydrogens (tertiary/aromatic N) is 2. The second-order valence-electron chi connectivity index (χ2n) is 4.98. The Balaban J connectivity index is 1.96. The third-order valence-electron chi connectivity index (χ3n) is 3.50. The van der Waals surface area contributed by atoms with E-state index >= 15 is 0 Å². The monoisotopic (exact) mass is 257 g/mol. The second kappa shape index (κ2) is 5.05. The van der Waals surface area contributed by atoms with Gasteiger partial charge in [0.05, 0.1) is 18.5 Å². The average molecular weight is 257 g/mol. The minimum atomic E-state index is 0.643. The maximum absolute atomic E-state index is 5.62. The Kier molecular flexibility index (Phi) is 3.25. The Hall–Kier alpha value is -1.81. The molecule has 1 fully saturated rings. The van der Waals surface area contributed by atoms with Crippen LogP contribution in [0.15, 0.2) is 30.3 Å². The van der Waals surface area contributed by atoms with E-state index in [9.17, 15) is 0 Å². The van der Waals surface area contributed by atoms with Gasteiger partial charge in [-0.25, -0.2) is 4.68 Å². The standard InChI is InChI=1S/C15H19N3O/c1-19-14-6-4-13(5-7-14)18-15(11-2-3-11)10-12(17-18)8-9-16/h4-7,10-11H,2-3,8-9,16H2,1H3. The van der Waals surface area contributed by atoms with Gasteiger partial charge in [0.2, 0.25) is 0 Å². The third kappa shape index (κ3) is 2.49. The molecule has 1 aliphatic carbocycles. The number of ether oxygens (including phenoxy) is 1. The predicted molar refractivity (Wildman–Crippen MR) is 74.8 cm³/mol. The van der Waals surface area contributed by atoms with Crippen molar-refractivity contribution in [3.63, 3.8) is 0 Å². The number of nitrogens with two attached hydrogens (primary N) is 1. The molecule has 3 rings (SSSR count). The molecule has 0 bridgehead atoms. The number of aromatic nitrogens is 2. The maximum Gasteiger partial charge on any atom is 0.119 e. The number of hydrogen-bond acceptors (Lipinski definition) is 3. The van der Waals surface area contributed by atoms with E-state index in [1.54, 1.807) is 7.11 Å². The van der Waals surface area contributed by atoms with Crippen molar-refractivity contribution in [2.24, 2.45) is 5.73 Å². The molecule has 0 unspecified atom stereocenters. The van der Waals surface area contributed by atoms with Gasteiger partial charge in [-0.15, -0.1) is 0 Å². The maximum atomic E-state index is 5.62. The summed E-state index contributed by atoms with van der Waals surface area (Å²) in [5.41, 5.74) is 9.11.